The van der Waals surface area contributed by atoms with Crippen LogP contribution in [0.3, 0.4) is 0 Å². The number of ether oxygens (including phenoxy) is 2. The Kier molecular flexibility index (Phi) is 7.76. The van der Waals surface area contributed by atoms with Crippen molar-refractivity contribution in [3.05, 3.63) is 47.8 Å². The molecular weight excluding hydrogens is 360 g/mol. The third-order valence-electron chi connectivity index (χ3n) is 3.98. The molecule has 0 aliphatic rings. The number of benzene rings is 1. The summed E-state index contributed by atoms with van der Waals surface area (Å²) in [5.41, 5.74) is 0.978. The van der Waals surface area contributed by atoms with Crippen molar-refractivity contribution in [1.82, 2.24) is 15.2 Å². The van der Waals surface area contributed by atoms with Crippen LogP contribution in [0.15, 0.2) is 36.5 Å². The summed E-state index contributed by atoms with van der Waals surface area (Å²) in [6.07, 6.45) is 2.26. The van der Waals surface area contributed by atoms with E-state index < -0.39 is 0 Å². The first-order valence-corrected chi connectivity index (χ1v) is 8.87. The number of amides is 2. The fourth-order valence-electron chi connectivity index (χ4n) is 2.49. The number of carbonyl (C=O) groups is 2. The molecule has 28 heavy (non-hydrogen) atoms. The number of nitrogens with zero attached hydrogens (tertiary/aromatic N) is 2. The molecule has 150 valence electrons. The van der Waals surface area contributed by atoms with Gasteiger partial charge in [0.25, 0.3) is 11.8 Å². The zero-order valence-corrected chi connectivity index (χ0v) is 16.6. The first kappa shape index (κ1) is 21.2. The van der Waals surface area contributed by atoms with Crippen LogP contribution in [-0.4, -0.2) is 63.1 Å². The Hall–Kier alpha value is -3.13. The van der Waals surface area contributed by atoms with Crippen LogP contribution in [0.1, 0.15) is 27.3 Å². The fraction of sp³-hybridized carbons (Fsp3) is 0.350. The molecule has 0 fully saturated rings. The summed E-state index contributed by atoms with van der Waals surface area (Å²) in [6.45, 7) is 1.41. The van der Waals surface area contributed by atoms with Crippen molar-refractivity contribution in [2.45, 2.75) is 6.42 Å². The standard InChI is InChI=1S/C20H26N4O4/c1-24(2)11-5-9-22-20(26)17-12-14(8-10-21-17)19(25)23-16-13-15(27-3)6-7-18(16)28-4/h6-8,10,12-13H,5,9,11H2,1-4H3,(H,22,26)(H,23,25). The minimum atomic E-state index is -0.379. The minimum absolute atomic E-state index is 0.190. The van der Waals surface area contributed by atoms with Crippen molar-refractivity contribution < 1.29 is 19.1 Å². The number of methoxy groups -OCH3 is 2. The van der Waals surface area contributed by atoms with Gasteiger partial charge in [-0.1, -0.05) is 0 Å². The molecule has 0 saturated heterocycles. The normalized spacial score (nSPS) is 10.5. The Morgan fingerprint density at radius 2 is 1.86 bits per heavy atom. The average molecular weight is 386 g/mol. The monoisotopic (exact) mass is 386 g/mol. The molecule has 8 heteroatoms. The van der Waals surface area contributed by atoms with Gasteiger partial charge in [0.15, 0.2) is 0 Å². The lowest BCUT2D eigenvalue weighted by Gasteiger charge is -2.12. The number of anilines is 1. The second kappa shape index (κ2) is 10.3. The number of rotatable bonds is 9. The highest BCUT2D eigenvalue weighted by atomic mass is 16.5. The van der Waals surface area contributed by atoms with E-state index in [9.17, 15) is 9.59 Å². The zero-order chi connectivity index (χ0) is 20.5. The highest BCUT2D eigenvalue weighted by molar-refractivity contribution is 6.06. The van der Waals surface area contributed by atoms with Gasteiger partial charge in [-0.25, -0.2) is 0 Å². The van der Waals surface area contributed by atoms with Crippen molar-refractivity contribution in [3.8, 4) is 11.5 Å². The third-order valence-corrected chi connectivity index (χ3v) is 3.98. The van der Waals surface area contributed by atoms with E-state index in [2.05, 4.69) is 15.6 Å². The van der Waals surface area contributed by atoms with Gasteiger partial charge < -0.3 is 25.0 Å². The van der Waals surface area contributed by atoms with Crippen molar-refractivity contribution in [2.75, 3.05) is 46.7 Å². The minimum Gasteiger partial charge on any atom is -0.497 e. The summed E-state index contributed by atoms with van der Waals surface area (Å²) in [6, 6.07) is 8.11. The predicted molar refractivity (Wildman–Crippen MR) is 107 cm³/mol. The van der Waals surface area contributed by atoms with Crippen LogP contribution in [0, 0.1) is 0 Å². The Morgan fingerprint density at radius 1 is 1.07 bits per heavy atom. The van der Waals surface area contributed by atoms with Crippen LogP contribution in [0.25, 0.3) is 0 Å². The molecule has 0 atom stereocenters. The molecule has 0 unspecified atom stereocenters. The lowest BCUT2D eigenvalue weighted by Crippen LogP contribution is -2.28. The van der Waals surface area contributed by atoms with Crippen LogP contribution < -0.4 is 20.1 Å². The van der Waals surface area contributed by atoms with Gasteiger partial charge in [0.1, 0.15) is 17.2 Å². The SMILES string of the molecule is COc1ccc(OC)c(NC(=O)c2ccnc(C(=O)NCCCN(C)C)c2)c1. The molecule has 8 nitrogen and oxygen atoms in total. The van der Waals surface area contributed by atoms with Gasteiger partial charge in [-0.2, -0.15) is 0 Å². The van der Waals surface area contributed by atoms with Crippen molar-refractivity contribution in [1.29, 1.82) is 0 Å². The van der Waals surface area contributed by atoms with E-state index in [4.69, 9.17) is 9.47 Å². The van der Waals surface area contributed by atoms with Gasteiger partial charge in [0.2, 0.25) is 0 Å². The van der Waals surface area contributed by atoms with Crippen molar-refractivity contribution in [2.24, 2.45) is 0 Å². The largest absolute Gasteiger partial charge is 0.497 e. The third kappa shape index (κ3) is 5.95. The van der Waals surface area contributed by atoms with E-state index in [1.807, 2.05) is 19.0 Å². The van der Waals surface area contributed by atoms with Crippen LogP contribution in [0.4, 0.5) is 5.69 Å². The maximum absolute atomic E-state index is 12.6. The molecule has 0 saturated carbocycles. The topological polar surface area (TPSA) is 92.8 Å². The summed E-state index contributed by atoms with van der Waals surface area (Å²) < 4.78 is 10.4. The number of pyridine rings is 1. The molecule has 0 bridgehead atoms. The lowest BCUT2D eigenvalue weighted by molar-refractivity contribution is 0.0947. The quantitative estimate of drug-likeness (QED) is 0.641. The average Bonchev–Trinajstić information content (AvgIpc) is 2.70. The first-order valence-electron chi connectivity index (χ1n) is 8.87. The van der Waals surface area contributed by atoms with Crippen LogP contribution in [0.2, 0.25) is 0 Å². The fourth-order valence-corrected chi connectivity index (χ4v) is 2.49. The number of nitrogens with one attached hydrogen (secondary N) is 2. The van der Waals surface area contributed by atoms with Crippen LogP contribution in [-0.2, 0) is 0 Å². The highest BCUT2D eigenvalue weighted by Crippen LogP contribution is 2.29. The van der Waals surface area contributed by atoms with E-state index >= 15 is 0 Å². The van der Waals surface area contributed by atoms with E-state index in [1.165, 1.54) is 19.4 Å². The molecule has 2 amide bonds. The summed E-state index contributed by atoms with van der Waals surface area (Å²) in [5, 5.41) is 5.58. The molecule has 1 aromatic carbocycles. The maximum Gasteiger partial charge on any atom is 0.269 e. The maximum atomic E-state index is 12.6. The second-order valence-corrected chi connectivity index (χ2v) is 6.36. The molecule has 2 rings (SSSR count). The molecule has 1 heterocycles. The van der Waals surface area contributed by atoms with Gasteiger partial charge in [-0.3, -0.25) is 14.6 Å². The number of hydrogen-bond acceptors (Lipinski definition) is 6. The van der Waals surface area contributed by atoms with E-state index in [1.54, 1.807) is 31.4 Å². The smallest absolute Gasteiger partial charge is 0.269 e. The Labute approximate surface area is 164 Å². The Bertz CT molecular complexity index is 824. The van der Waals surface area contributed by atoms with Crippen LogP contribution in [0.5, 0.6) is 11.5 Å². The first-order chi connectivity index (χ1) is 13.4. The van der Waals surface area contributed by atoms with E-state index in [-0.39, 0.29) is 17.5 Å². The van der Waals surface area contributed by atoms with Crippen LogP contribution >= 0.6 is 0 Å². The van der Waals surface area contributed by atoms with Gasteiger partial charge in [-0.05, 0) is 51.3 Å². The zero-order valence-electron chi connectivity index (χ0n) is 16.6. The molecule has 2 N–H and O–H groups in total. The molecule has 0 aliphatic heterocycles. The second-order valence-electron chi connectivity index (χ2n) is 6.36. The molecule has 0 spiro atoms. The molecule has 0 aliphatic carbocycles. The summed E-state index contributed by atoms with van der Waals surface area (Å²) in [4.78, 5) is 31.0. The predicted octanol–water partition coefficient (Wildman–Crippen LogP) is 2.03. The number of aromatic nitrogens is 1. The van der Waals surface area contributed by atoms with Gasteiger partial charge in [0, 0.05) is 24.4 Å². The van der Waals surface area contributed by atoms with Gasteiger partial charge in [-0.15, -0.1) is 0 Å². The number of carbonyl (C=O) groups excluding carboxylic acids is 2. The number of hydrogen-bond donors (Lipinski definition) is 2. The summed E-state index contributed by atoms with van der Waals surface area (Å²) in [7, 11) is 7.01. The van der Waals surface area contributed by atoms with Gasteiger partial charge in [0.05, 0.1) is 19.9 Å². The Balaban J connectivity index is 2.07. The van der Waals surface area contributed by atoms with E-state index in [0.717, 1.165) is 13.0 Å². The van der Waals surface area contributed by atoms with E-state index in [0.29, 0.717) is 29.3 Å². The molecule has 0 radical (unpaired) electrons. The summed E-state index contributed by atoms with van der Waals surface area (Å²) >= 11 is 0. The van der Waals surface area contributed by atoms with Crippen molar-refractivity contribution in [3.63, 3.8) is 0 Å². The molecular formula is C20H26N4O4. The van der Waals surface area contributed by atoms with Gasteiger partial charge >= 0.3 is 0 Å². The molecule has 2 aromatic rings. The summed E-state index contributed by atoms with van der Waals surface area (Å²) in [5.74, 6) is 0.397. The highest BCUT2D eigenvalue weighted by Gasteiger charge is 2.14. The van der Waals surface area contributed by atoms with Crippen molar-refractivity contribution >= 4 is 17.5 Å². The molecule has 1 aromatic heterocycles. The Morgan fingerprint density at radius 3 is 2.54 bits per heavy atom. The lowest BCUT2D eigenvalue weighted by atomic mass is 10.2.